The maximum Gasteiger partial charge on any atom is 0.240 e. The highest BCUT2D eigenvalue weighted by Gasteiger charge is 2.54. The zero-order chi connectivity index (χ0) is 14.0. The van der Waals surface area contributed by atoms with Crippen molar-refractivity contribution in [1.82, 2.24) is 5.32 Å². The average Bonchev–Trinajstić information content (AvgIpc) is 2.34. The van der Waals surface area contributed by atoms with Crippen LogP contribution in [0.1, 0.15) is 64.7 Å². The normalized spacial score (nSPS) is 43.6. The topological polar surface area (TPSA) is 55.1 Å². The van der Waals surface area contributed by atoms with Gasteiger partial charge in [-0.1, -0.05) is 0 Å². The van der Waals surface area contributed by atoms with E-state index in [1.807, 2.05) is 0 Å². The first-order chi connectivity index (χ1) is 9.49. The molecule has 1 unspecified atom stereocenters. The molecule has 120 valence electrons. The van der Waals surface area contributed by atoms with Crippen LogP contribution in [0.5, 0.6) is 0 Å². The van der Waals surface area contributed by atoms with Gasteiger partial charge in [-0.2, -0.15) is 0 Å². The highest BCUT2D eigenvalue weighted by Crippen LogP contribution is 2.61. The van der Waals surface area contributed by atoms with Crippen LogP contribution < -0.4 is 11.1 Å². The lowest BCUT2D eigenvalue weighted by Crippen LogP contribution is -2.63. The van der Waals surface area contributed by atoms with Crippen LogP contribution in [0, 0.1) is 23.2 Å². The molecule has 0 aromatic carbocycles. The predicted octanol–water partition coefficient (Wildman–Crippen LogP) is 3.01. The van der Waals surface area contributed by atoms with Gasteiger partial charge in [0, 0.05) is 6.04 Å². The Balaban J connectivity index is 0.00000132. The van der Waals surface area contributed by atoms with Crippen LogP contribution in [0.15, 0.2) is 0 Å². The largest absolute Gasteiger partial charge is 0.351 e. The van der Waals surface area contributed by atoms with E-state index in [2.05, 4.69) is 12.2 Å². The number of nitrogens with two attached hydrogens (primary N) is 1. The highest BCUT2D eigenvalue weighted by atomic mass is 35.5. The minimum atomic E-state index is -0.545. The van der Waals surface area contributed by atoms with E-state index in [9.17, 15) is 4.79 Å². The van der Waals surface area contributed by atoms with E-state index in [-0.39, 0.29) is 18.3 Å². The van der Waals surface area contributed by atoms with E-state index < -0.39 is 5.54 Å². The van der Waals surface area contributed by atoms with E-state index in [0.29, 0.717) is 11.5 Å². The first-order valence-corrected chi connectivity index (χ1v) is 8.59. The van der Waals surface area contributed by atoms with Gasteiger partial charge in [-0.3, -0.25) is 4.79 Å². The van der Waals surface area contributed by atoms with Crippen molar-refractivity contribution >= 4 is 18.3 Å². The molecule has 4 bridgehead atoms. The fourth-order valence-electron chi connectivity index (χ4n) is 5.99. The number of halogens is 1. The summed E-state index contributed by atoms with van der Waals surface area (Å²) in [7, 11) is 0. The molecule has 5 saturated carbocycles. The molecule has 0 aromatic heterocycles. The number of hydrogen-bond acceptors (Lipinski definition) is 2. The van der Waals surface area contributed by atoms with Gasteiger partial charge >= 0.3 is 0 Å². The Morgan fingerprint density at radius 3 is 1.95 bits per heavy atom. The monoisotopic (exact) mass is 312 g/mol. The van der Waals surface area contributed by atoms with Crippen molar-refractivity contribution in [1.29, 1.82) is 0 Å². The molecule has 5 fully saturated rings. The van der Waals surface area contributed by atoms with Crippen LogP contribution in [0.2, 0.25) is 0 Å². The number of nitrogens with one attached hydrogen (secondary N) is 1. The standard InChI is InChI=1S/C17H28N2O.ClH/c1-11(19-15(20)17(18)3-2-4-17)16-8-12-5-13(9-16)7-14(6-12)10-16;/h11-14H,2-10,18H2,1H3,(H,19,20);1H. The van der Waals surface area contributed by atoms with Crippen LogP contribution in [-0.4, -0.2) is 17.5 Å². The first kappa shape index (κ1) is 15.6. The number of carbonyl (C=O) groups excluding carboxylic acids is 1. The lowest BCUT2D eigenvalue weighted by Gasteiger charge is -2.59. The van der Waals surface area contributed by atoms with Crippen LogP contribution in [0.25, 0.3) is 0 Å². The molecular formula is C17H29ClN2O. The van der Waals surface area contributed by atoms with Crippen molar-refractivity contribution in [2.45, 2.75) is 76.3 Å². The van der Waals surface area contributed by atoms with Gasteiger partial charge in [0.25, 0.3) is 0 Å². The molecule has 21 heavy (non-hydrogen) atoms. The van der Waals surface area contributed by atoms with Gasteiger partial charge < -0.3 is 11.1 Å². The lowest BCUT2D eigenvalue weighted by atomic mass is 9.48. The van der Waals surface area contributed by atoms with Gasteiger partial charge in [0.05, 0.1) is 5.54 Å². The summed E-state index contributed by atoms with van der Waals surface area (Å²) in [4.78, 5) is 12.4. The van der Waals surface area contributed by atoms with Gasteiger partial charge in [-0.25, -0.2) is 0 Å². The van der Waals surface area contributed by atoms with E-state index in [1.165, 1.54) is 38.5 Å². The van der Waals surface area contributed by atoms with Gasteiger partial charge in [0.15, 0.2) is 0 Å². The Kier molecular flexibility index (Phi) is 3.81. The van der Waals surface area contributed by atoms with Crippen molar-refractivity contribution in [3.05, 3.63) is 0 Å². The number of amides is 1. The third-order valence-corrected chi connectivity index (χ3v) is 7.05. The van der Waals surface area contributed by atoms with Gasteiger partial charge in [0.2, 0.25) is 5.91 Å². The van der Waals surface area contributed by atoms with Gasteiger partial charge in [-0.05, 0) is 87.9 Å². The van der Waals surface area contributed by atoms with Crippen molar-refractivity contribution in [3.63, 3.8) is 0 Å². The fourth-order valence-corrected chi connectivity index (χ4v) is 5.99. The zero-order valence-electron chi connectivity index (χ0n) is 13.1. The molecule has 5 aliphatic rings. The third kappa shape index (κ3) is 2.41. The van der Waals surface area contributed by atoms with E-state index in [1.54, 1.807) is 0 Å². The molecule has 4 heteroatoms. The fraction of sp³-hybridized carbons (Fsp3) is 0.941. The Morgan fingerprint density at radius 1 is 1.10 bits per heavy atom. The van der Waals surface area contributed by atoms with E-state index in [4.69, 9.17) is 5.73 Å². The summed E-state index contributed by atoms with van der Waals surface area (Å²) < 4.78 is 0. The Bertz CT molecular complexity index is 397. The third-order valence-electron chi connectivity index (χ3n) is 7.05. The van der Waals surface area contributed by atoms with E-state index >= 15 is 0 Å². The quantitative estimate of drug-likeness (QED) is 0.841. The SMILES string of the molecule is CC(NC(=O)C1(N)CCC1)C12CC3CC(CC(C3)C1)C2.Cl. The molecule has 5 rings (SSSR count). The molecule has 0 aliphatic heterocycles. The molecule has 0 heterocycles. The molecule has 5 aliphatic carbocycles. The maximum atomic E-state index is 12.4. The second kappa shape index (κ2) is 5.13. The van der Waals surface area contributed by atoms with Gasteiger partial charge in [-0.15, -0.1) is 12.4 Å². The smallest absolute Gasteiger partial charge is 0.240 e. The second-order valence-electron chi connectivity index (χ2n) is 8.48. The molecule has 1 amide bonds. The highest BCUT2D eigenvalue weighted by molar-refractivity contribution is 5.87. The van der Waals surface area contributed by atoms with Crippen LogP contribution >= 0.6 is 12.4 Å². The van der Waals surface area contributed by atoms with Crippen molar-refractivity contribution in [2.24, 2.45) is 28.9 Å². The van der Waals surface area contributed by atoms with Gasteiger partial charge in [0.1, 0.15) is 0 Å². The van der Waals surface area contributed by atoms with Crippen molar-refractivity contribution in [2.75, 3.05) is 0 Å². The molecule has 0 radical (unpaired) electrons. The molecule has 1 atom stereocenters. The lowest BCUT2D eigenvalue weighted by molar-refractivity contribution is -0.133. The summed E-state index contributed by atoms with van der Waals surface area (Å²) in [5.41, 5.74) is 6.02. The summed E-state index contributed by atoms with van der Waals surface area (Å²) >= 11 is 0. The van der Waals surface area contributed by atoms with E-state index in [0.717, 1.165) is 37.0 Å². The number of rotatable bonds is 3. The minimum Gasteiger partial charge on any atom is -0.351 e. The van der Waals surface area contributed by atoms with Crippen molar-refractivity contribution in [3.8, 4) is 0 Å². The summed E-state index contributed by atoms with van der Waals surface area (Å²) in [5, 5.41) is 3.32. The summed E-state index contributed by atoms with van der Waals surface area (Å²) in [5.74, 6) is 2.94. The minimum absolute atomic E-state index is 0. The molecule has 3 nitrogen and oxygen atoms in total. The predicted molar refractivity (Wildman–Crippen MR) is 86.2 cm³/mol. The average molecular weight is 313 g/mol. The van der Waals surface area contributed by atoms with Crippen LogP contribution in [-0.2, 0) is 4.79 Å². The Morgan fingerprint density at radius 2 is 1.57 bits per heavy atom. The maximum absolute atomic E-state index is 12.4. The van der Waals surface area contributed by atoms with Crippen LogP contribution in [0.3, 0.4) is 0 Å². The zero-order valence-corrected chi connectivity index (χ0v) is 13.9. The summed E-state index contributed by atoms with van der Waals surface area (Å²) in [6.07, 6.45) is 11.3. The van der Waals surface area contributed by atoms with Crippen LogP contribution in [0.4, 0.5) is 0 Å². The number of hydrogen-bond donors (Lipinski definition) is 2. The molecule has 0 spiro atoms. The molecular weight excluding hydrogens is 284 g/mol. The first-order valence-electron chi connectivity index (χ1n) is 8.59. The molecule has 0 saturated heterocycles. The second-order valence-corrected chi connectivity index (χ2v) is 8.48. The van der Waals surface area contributed by atoms with Crippen molar-refractivity contribution < 1.29 is 4.79 Å². The molecule has 3 N–H and O–H groups in total. The number of carbonyl (C=O) groups is 1. The Labute approximate surface area is 134 Å². The summed E-state index contributed by atoms with van der Waals surface area (Å²) in [6.45, 7) is 2.24. The molecule has 0 aromatic rings. The Hall–Kier alpha value is -0.280. The summed E-state index contributed by atoms with van der Waals surface area (Å²) in [6, 6.07) is 0.310.